The van der Waals surface area contributed by atoms with Crippen LogP contribution >= 0.6 is 0 Å². The normalized spacial score (nSPS) is 27.0. The van der Waals surface area contributed by atoms with Gasteiger partial charge >= 0.3 is 0 Å². The van der Waals surface area contributed by atoms with Crippen LogP contribution in [0, 0.1) is 11.8 Å². The Hall–Kier alpha value is -0.0800. The Labute approximate surface area is 101 Å². The lowest BCUT2D eigenvalue weighted by molar-refractivity contribution is 0.146. The number of hydrogen-bond acceptors (Lipinski definition) is 2. The van der Waals surface area contributed by atoms with E-state index in [0.717, 1.165) is 37.6 Å². The van der Waals surface area contributed by atoms with E-state index in [9.17, 15) is 0 Å². The van der Waals surface area contributed by atoms with Gasteiger partial charge in [0, 0.05) is 19.2 Å². The van der Waals surface area contributed by atoms with Crippen LogP contribution in [0.5, 0.6) is 0 Å². The van der Waals surface area contributed by atoms with Crippen molar-refractivity contribution in [1.82, 2.24) is 5.32 Å². The molecule has 0 aromatic heterocycles. The van der Waals surface area contributed by atoms with Crippen LogP contribution in [0.4, 0.5) is 0 Å². The fourth-order valence-electron chi connectivity index (χ4n) is 2.68. The van der Waals surface area contributed by atoms with Gasteiger partial charge in [-0.2, -0.15) is 0 Å². The molecule has 0 saturated heterocycles. The van der Waals surface area contributed by atoms with Gasteiger partial charge in [0.2, 0.25) is 0 Å². The molecule has 0 amide bonds. The minimum absolute atomic E-state index is 0.740. The van der Waals surface area contributed by atoms with Gasteiger partial charge in [0.15, 0.2) is 0 Å². The first-order valence-corrected chi connectivity index (χ1v) is 7.05. The van der Waals surface area contributed by atoms with Crippen molar-refractivity contribution in [2.75, 3.05) is 19.8 Å². The summed E-state index contributed by atoms with van der Waals surface area (Å²) < 4.78 is 5.35. The van der Waals surface area contributed by atoms with Crippen LogP contribution < -0.4 is 5.32 Å². The van der Waals surface area contributed by atoms with Crippen molar-refractivity contribution in [3.8, 4) is 0 Å². The van der Waals surface area contributed by atoms with E-state index in [1.807, 2.05) is 0 Å². The molecule has 2 nitrogen and oxygen atoms in total. The van der Waals surface area contributed by atoms with E-state index in [1.54, 1.807) is 0 Å². The molecule has 1 rings (SSSR count). The zero-order valence-electron chi connectivity index (χ0n) is 11.3. The van der Waals surface area contributed by atoms with Gasteiger partial charge in [-0.05, 0) is 38.0 Å². The molecular formula is C14H29NO. The van der Waals surface area contributed by atoms with Crippen LogP contribution in [0.25, 0.3) is 0 Å². The highest BCUT2D eigenvalue weighted by Crippen LogP contribution is 2.28. The van der Waals surface area contributed by atoms with Crippen LogP contribution in [0.15, 0.2) is 0 Å². The third-order valence-corrected chi connectivity index (χ3v) is 3.84. The summed E-state index contributed by atoms with van der Waals surface area (Å²) in [7, 11) is 0. The number of hydrogen-bond donors (Lipinski definition) is 1. The first-order chi connectivity index (χ1) is 7.74. The van der Waals surface area contributed by atoms with Crippen molar-refractivity contribution in [3.05, 3.63) is 0 Å². The average Bonchev–Trinajstić information content (AvgIpc) is 2.50. The van der Waals surface area contributed by atoms with E-state index in [2.05, 4.69) is 26.1 Å². The maximum Gasteiger partial charge on any atom is 0.0590 e. The molecule has 0 spiro atoms. The molecule has 0 aliphatic heterocycles. The van der Waals surface area contributed by atoms with Gasteiger partial charge in [-0.25, -0.2) is 0 Å². The summed E-state index contributed by atoms with van der Waals surface area (Å²) in [5, 5.41) is 3.63. The highest BCUT2D eigenvalue weighted by atomic mass is 16.5. The summed E-state index contributed by atoms with van der Waals surface area (Å²) >= 11 is 0. The minimum Gasteiger partial charge on any atom is -0.380 e. The van der Waals surface area contributed by atoms with Crippen molar-refractivity contribution in [3.63, 3.8) is 0 Å². The summed E-state index contributed by atoms with van der Waals surface area (Å²) in [6.45, 7) is 9.51. The molecule has 1 aliphatic carbocycles. The Balaban J connectivity index is 2.15. The lowest BCUT2D eigenvalue weighted by Crippen LogP contribution is -2.31. The van der Waals surface area contributed by atoms with E-state index in [1.165, 1.54) is 32.1 Å². The molecule has 2 unspecified atom stereocenters. The van der Waals surface area contributed by atoms with Crippen molar-refractivity contribution in [2.45, 2.75) is 58.9 Å². The molecule has 1 aliphatic rings. The van der Waals surface area contributed by atoms with E-state index < -0.39 is 0 Å². The summed E-state index contributed by atoms with van der Waals surface area (Å²) in [5.41, 5.74) is 0. The molecule has 1 N–H and O–H groups in total. The zero-order chi connectivity index (χ0) is 11.8. The molecule has 1 fully saturated rings. The summed E-state index contributed by atoms with van der Waals surface area (Å²) in [5.74, 6) is 1.82. The summed E-state index contributed by atoms with van der Waals surface area (Å²) in [4.78, 5) is 0. The smallest absolute Gasteiger partial charge is 0.0590 e. The standard InChI is InChI=1S/C14H29NO/c1-4-16-11-10-15-14-7-5-6-13(8-9-14)12(2)3/h12-15H,4-11H2,1-3H3. The molecule has 0 aromatic carbocycles. The molecular weight excluding hydrogens is 198 g/mol. The van der Waals surface area contributed by atoms with E-state index in [4.69, 9.17) is 4.74 Å². The highest BCUT2D eigenvalue weighted by molar-refractivity contribution is 4.76. The van der Waals surface area contributed by atoms with E-state index in [0.29, 0.717) is 0 Å². The van der Waals surface area contributed by atoms with Gasteiger partial charge in [0.25, 0.3) is 0 Å². The molecule has 1 saturated carbocycles. The Morgan fingerprint density at radius 1 is 1.19 bits per heavy atom. The largest absolute Gasteiger partial charge is 0.380 e. The first kappa shape index (κ1) is 14.0. The molecule has 2 atom stereocenters. The molecule has 16 heavy (non-hydrogen) atoms. The average molecular weight is 227 g/mol. The van der Waals surface area contributed by atoms with Gasteiger partial charge < -0.3 is 10.1 Å². The quantitative estimate of drug-likeness (QED) is 0.556. The van der Waals surface area contributed by atoms with Crippen LogP contribution in [-0.4, -0.2) is 25.8 Å². The number of rotatable bonds is 6. The highest BCUT2D eigenvalue weighted by Gasteiger charge is 2.20. The Bertz CT molecular complexity index is 170. The maximum absolute atomic E-state index is 5.35. The topological polar surface area (TPSA) is 21.3 Å². The molecule has 2 heteroatoms. The van der Waals surface area contributed by atoms with Crippen molar-refractivity contribution < 1.29 is 4.74 Å². The fraction of sp³-hybridized carbons (Fsp3) is 1.00. The van der Waals surface area contributed by atoms with Crippen LogP contribution in [-0.2, 0) is 4.74 Å². The molecule has 0 bridgehead atoms. The molecule has 0 radical (unpaired) electrons. The van der Waals surface area contributed by atoms with Crippen LogP contribution in [0.2, 0.25) is 0 Å². The third-order valence-electron chi connectivity index (χ3n) is 3.84. The van der Waals surface area contributed by atoms with Crippen molar-refractivity contribution >= 4 is 0 Å². The van der Waals surface area contributed by atoms with Crippen LogP contribution in [0.1, 0.15) is 52.9 Å². The lowest BCUT2D eigenvalue weighted by atomic mass is 9.89. The van der Waals surface area contributed by atoms with E-state index in [-0.39, 0.29) is 0 Å². The molecule has 0 heterocycles. The van der Waals surface area contributed by atoms with Crippen molar-refractivity contribution in [1.29, 1.82) is 0 Å². The molecule has 96 valence electrons. The van der Waals surface area contributed by atoms with E-state index >= 15 is 0 Å². The molecule has 0 aromatic rings. The van der Waals surface area contributed by atoms with Crippen molar-refractivity contribution in [2.24, 2.45) is 11.8 Å². The van der Waals surface area contributed by atoms with Gasteiger partial charge in [-0.15, -0.1) is 0 Å². The fourth-order valence-corrected chi connectivity index (χ4v) is 2.68. The Kier molecular flexibility index (Phi) is 7.06. The van der Waals surface area contributed by atoms with Gasteiger partial charge in [0.05, 0.1) is 6.61 Å². The second-order valence-electron chi connectivity index (χ2n) is 5.36. The van der Waals surface area contributed by atoms with Crippen LogP contribution in [0.3, 0.4) is 0 Å². The predicted octanol–water partition coefficient (Wildman–Crippen LogP) is 3.22. The SMILES string of the molecule is CCOCCNC1CCCC(C(C)C)CC1. The summed E-state index contributed by atoms with van der Waals surface area (Å²) in [6.07, 6.45) is 6.95. The summed E-state index contributed by atoms with van der Waals surface area (Å²) in [6, 6.07) is 0.740. The second kappa shape index (κ2) is 8.08. The minimum atomic E-state index is 0.740. The van der Waals surface area contributed by atoms with Gasteiger partial charge in [0.1, 0.15) is 0 Å². The van der Waals surface area contributed by atoms with Gasteiger partial charge in [-0.1, -0.05) is 26.7 Å². The lowest BCUT2D eigenvalue weighted by Gasteiger charge is -2.19. The second-order valence-corrected chi connectivity index (χ2v) is 5.36. The third kappa shape index (κ3) is 5.31. The zero-order valence-corrected chi connectivity index (χ0v) is 11.3. The Morgan fingerprint density at radius 3 is 2.69 bits per heavy atom. The Morgan fingerprint density at radius 2 is 2.00 bits per heavy atom. The maximum atomic E-state index is 5.35. The number of nitrogens with one attached hydrogen (secondary N) is 1. The first-order valence-electron chi connectivity index (χ1n) is 7.05. The predicted molar refractivity (Wildman–Crippen MR) is 69.7 cm³/mol. The van der Waals surface area contributed by atoms with Gasteiger partial charge in [-0.3, -0.25) is 0 Å². The monoisotopic (exact) mass is 227 g/mol. The number of ether oxygens (including phenoxy) is 1.